The summed E-state index contributed by atoms with van der Waals surface area (Å²) in [4.78, 5) is 10.3. The number of hydrogen-bond donors (Lipinski definition) is 2. The third-order valence-electron chi connectivity index (χ3n) is 1.69. The molecule has 0 heterocycles. The molecule has 0 aromatic heterocycles. The number of nitrogens with two attached hydrogens (primary N) is 1. The highest BCUT2D eigenvalue weighted by molar-refractivity contribution is 9.10. The molecule has 1 aromatic carbocycles. The summed E-state index contributed by atoms with van der Waals surface area (Å²) in [6, 6.07) is 5.38. The average molecular weight is 244 g/mol. The Balaban J connectivity index is 2.72. The number of aliphatic carboxylic acids is 1. The quantitative estimate of drug-likeness (QED) is 0.800. The van der Waals surface area contributed by atoms with Crippen LogP contribution in [0.4, 0.5) is 5.69 Å². The summed E-state index contributed by atoms with van der Waals surface area (Å²) in [6.07, 6.45) is 0.665. The van der Waals surface area contributed by atoms with E-state index in [4.69, 9.17) is 10.8 Å². The molecule has 0 aliphatic heterocycles. The molecule has 0 radical (unpaired) electrons. The first-order valence-electron chi connectivity index (χ1n) is 3.85. The number of anilines is 1. The Morgan fingerprint density at radius 1 is 1.54 bits per heavy atom. The molecule has 70 valence electrons. The SMILES string of the molecule is Nc1ccc(CCC(=O)O)c(Br)c1. The number of rotatable bonds is 3. The second-order valence-corrected chi connectivity index (χ2v) is 3.60. The van der Waals surface area contributed by atoms with Crippen LogP contribution in [-0.4, -0.2) is 11.1 Å². The molecule has 0 spiro atoms. The van der Waals surface area contributed by atoms with Crippen LogP contribution in [0.2, 0.25) is 0 Å². The van der Waals surface area contributed by atoms with E-state index >= 15 is 0 Å². The fourth-order valence-electron chi connectivity index (χ4n) is 1.01. The van der Waals surface area contributed by atoms with Gasteiger partial charge in [-0.2, -0.15) is 0 Å². The molecule has 0 fully saturated rings. The number of aryl methyl sites for hydroxylation is 1. The normalized spacial score (nSPS) is 9.92. The van der Waals surface area contributed by atoms with Crippen LogP contribution in [-0.2, 0) is 11.2 Å². The summed E-state index contributed by atoms with van der Waals surface area (Å²) < 4.78 is 0.869. The maximum Gasteiger partial charge on any atom is 0.303 e. The van der Waals surface area contributed by atoms with Gasteiger partial charge in [-0.3, -0.25) is 4.79 Å². The second kappa shape index (κ2) is 4.28. The van der Waals surface area contributed by atoms with E-state index in [1.54, 1.807) is 12.1 Å². The Labute approximate surface area is 84.7 Å². The third kappa shape index (κ3) is 3.06. The molecule has 1 rings (SSSR count). The van der Waals surface area contributed by atoms with E-state index in [0.29, 0.717) is 12.1 Å². The summed E-state index contributed by atoms with van der Waals surface area (Å²) in [7, 11) is 0. The molecule has 4 heteroatoms. The molecule has 13 heavy (non-hydrogen) atoms. The van der Waals surface area contributed by atoms with Gasteiger partial charge in [-0.25, -0.2) is 0 Å². The lowest BCUT2D eigenvalue weighted by Crippen LogP contribution is -1.98. The van der Waals surface area contributed by atoms with E-state index in [-0.39, 0.29) is 6.42 Å². The average Bonchev–Trinajstić information content (AvgIpc) is 2.02. The molecule has 3 N–H and O–H groups in total. The summed E-state index contributed by atoms with van der Waals surface area (Å²) in [5, 5.41) is 8.48. The standard InChI is InChI=1S/C9H10BrNO2/c10-8-5-7(11)3-1-6(8)2-4-9(12)13/h1,3,5H,2,4,11H2,(H,12,13). The molecule has 0 bridgehead atoms. The van der Waals surface area contributed by atoms with Gasteiger partial charge in [0.25, 0.3) is 0 Å². The molecule has 1 aromatic rings. The van der Waals surface area contributed by atoms with Crippen molar-refractivity contribution >= 4 is 27.6 Å². The summed E-state index contributed by atoms with van der Waals surface area (Å²) in [5.41, 5.74) is 7.18. The van der Waals surface area contributed by atoms with Gasteiger partial charge in [-0.15, -0.1) is 0 Å². The highest BCUT2D eigenvalue weighted by atomic mass is 79.9. The zero-order valence-corrected chi connectivity index (χ0v) is 8.54. The molecule has 0 saturated carbocycles. The fraction of sp³-hybridized carbons (Fsp3) is 0.222. The zero-order chi connectivity index (χ0) is 9.84. The van der Waals surface area contributed by atoms with Crippen molar-refractivity contribution in [3.63, 3.8) is 0 Å². The van der Waals surface area contributed by atoms with Gasteiger partial charge in [0.2, 0.25) is 0 Å². The Morgan fingerprint density at radius 3 is 2.77 bits per heavy atom. The number of benzene rings is 1. The molecule has 0 saturated heterocycles. The van der Waals surface area contributed by atoms with Crippen molar-refractivity contribution in [1.82, 2.24) is 0 Å². The van der Waals surface area contributed by atoms with Gasteiger partial charge < -0.3 is 10.8 Å². The van der Waals surface area contributed by atoms with Crippen molar-refractivity contribution in [2.75, 3.05) is 5.73 Å². The number of nitrogen functional groups attached to an aromatic ring is 1. The predicted molar refractivity (Wildman–Crippen MR) is 54.5 cm³/mol. The van der Waals surface area contributed by atoms with Crippen molar-refractivity contribution in [2.45, 2.75) is 12.8 Å². The lowest BCUT2D eigenvalue weighted by molar-refractivity contribution is -0.136. The van der Waals surface area contributed by atoms with Crippen LogP contribution < -0.4 is 5.73 Å². The van der Waals surface area contributed by atoms with Gasteiger partial charge in [0.15, 0.2) is 0 Å². The lowest BCUT2D eigenvalue weighted by Gasteiger charge is -2.02. The monoisotopic (exact) mass is 243 g/mol. The molecule has 3 nitrogen and oxygen atoms in total. The second-order valence-electron chi connectivity index (χ2n) is 2.74. The van der Waals surface area contributed by atoms with Crippen LogP contribution >= 0.6 is 15.9 Å². The topological polar surface area (TPSA) is 63.3 Å². The van der Waals surface area contributed by atoms with Crippen molar-refractivity contribution in [3.8, 4) is 0 Å². The minimum absolute atomic E-state index is 0.141. The maximum atomic E-state index is 10.3. The molecular weight excluding hydrogens is 234 g/mol. The predicted octanol–water partition coefficient (Wildman–Crippen LogP) is 2.05. The van der Waals surface area contributed by atoms with E-state index in [0.717, 1.165) is 10.0 Å². The number of hydrogen-bond acceptors (Lipinski definition) is 2. The first-order chi connectivity index (χ1) is 6.09. The first-order valence-corrected chi connectivity index (χ1v) is 4.64. The van der Waals surface area contributed by atoms with Crippen LogP contribution in [0.25, 0.3) is 0 Å². The Hall–Kier alpha value is -1.03. The summed E-state index contributed by atoms with van der Waals surface area (Å²) in [6.45, 7) is 0. The van der Waals surface area contributed by atoms with Gasteiger partial charge in [0.05, 0.1) is 0 Å². The number of carboxylic acids is 1. The van der Waals surface area contributed by atoms with Crippen LogP contribution in [0.5, 0.6) is 0 Å². The molecule has 0 amide bonds. The molecule has 0 unspecified atom stereocenters. The Bertz CT molecular complexity index is 325. The third-order valence-corrected chi connectivity index (χ3v) is 2.42. The molecule has 0 atom stereocenters. The van der Waals surface area contributed by atoms with Gasteiger partial charge >= 0.3 is 5.97 Å². The van der Waals surface area contributed by atoms with Crippen LogP contribution in [0.15, 0.2) is 22.7 Å². The van der Waals surface area contributed by atoms with Gasteiger partial charge in [-0.05, 0) is 24.1 Å². The van der Waals surface area contributed by atoms with Crippen molar-refractivity contribution in [2.24, 2.45) is 0 Å². The minimum atomic E-state index is -0.788. The number of carboxylic acid groups (broad SMARTS) is 1. The van der Waals surface area contributed by atoms with E-state index in [2.05, 4.69) is 15.9 Å². The van der Waals surface area contributed by atoms with Gasteiger partial charge in [0, 0.05) is 16.6 Å². The fourth-order valence-corrected chi connectivity index (χ4v) is 1.60. The van der Waals surface area contributed by atoms with Crippen molar-refractivity contribution < 1.29 is 9.90 Å². The minimum Gasteiger partial charge on any atom is -0.481 e. The van der Waals surface area contributed by atoms with Gasteiger partial charge in [-0.1, -0.05) is 22.0 Å². The summed E-state index contributed by atoms with van der Waals surface area (Å²) in [5.74, 6) is -0.788. The van der Waals surface area contributed by atoms with Crippen molar-refractivity contribution in [3.05, 3.63) is 28.2 Å². The first kappa shape index (κ1) is 10.1. The van der Waals surface area contributed by atoms with Crippen molar-refractivity contribution in [1.29, 1.82) is 0 Å². The van der Waals surface area contributed by atoms with Crippen LogP contribution in [0.3, 0.4) is 0 Å². The van der Waals surface area contributed by atoms with Gasteiger partial charge in [0.1, 0.15) is 0 Å². The Morgan fingerprint density at radius 2 is 2.23 bits per heavy atom. The highest BCUT2D eigenvalue weighted by Crippen LogP contribution is 2.20. The highest BCUT2D eigenvalue weighted by Gasteiger charge is 2.02. The molecule has 0 aliphatic carbocycles. The Kier molecular flexibility index (Phi) is 3.31. The maximum absolute atomic E-state index is 10.3. The largest absolute Gasteiger partial charge is 0.481 e. The van der Waals surface area contributed by atoms with E-state index < -0.39 is 5.97 Å². The van der Waals surface area contributed by atoms with Crippen LogP contribution in [0, 0.1) is 0 Å². The molecular formula is C9H10BrNO2. The number of carbonyl (C=O) groups is 1. The summed E-state index contributed by atoms with van der Waals surface area (Å²) >= 11 is 3.32. The smallest absolute Gasteiger partial charge is 0.303 e. The van der Waals surface area contributed by atoms with E-state index in [1.807, 2.05) is 6.07 Å². The van der Waals surface area contributed by atoms with Crippen LogP contribution in [0.1, 0.15) is 12.0 Å². The van der Waals surface area contributed by atoms with E-state index in [9.17, 15) is 4.79 Å². The van der Waals surface area contributed by atoms with E-state index in [1.165, 1.54) is 0 Å². The lowest BCUT2D eigenvalue weighted by atomic mass is 10.1. The molecule has 0 aliphatic rings. The zero-order valence-electron chi connectivity index (χ0n) is 6.96. The number of halogens is 1.